The highest BCUT2D eigenvalue weighted by Gasteiger charge is 2.53. The van der Waals surface area contributed by atoms with Crippen LogP contribution >= 0.6 is 23.2 Å². The van der Waals surface area contributed by atoms with Crippen LogP contribution in [0.3, 0.4) is 0 Å². The summed E-state index contributed by atoms with van der Waals surface area (Å²) < 4.78 is 5.28. The van der Waals surface area contributed by atoms with E-state index in [2.05, 4.69) is 0 Å². The molecule has 2 saturated heterocycles. The van der Waals surface area contributed by atoms with Crippen LogP contribution in [0.2, 0.25) is 10.0 Å². The Labute approximate surface area is 138 Å². The van der Waals surface area contributed by atoms with Gasteiger partial charge in [-0.05, 0) is 32.4 Å². The lowest BCUT2D eigenvalue weighted by Crippen LogP contribution is -2.44. The molecule has 1 aromatic carbocycles. The third-order valence-electron chi connectivity index (χ3n) is 4.37. The first-order valence-electron chi connectivity index (χ1n) is 7.06. The SMILES string of the molecule is CC(C)(O)[C@@H]1OC(=O)N2C[C@@H](c3c(O)ccc(Cl)c3Cl)C[C@@H]12. The molecule has 22 heavy (non-hydrogen) atoms. The second-order valence-corrected chi connectivity index (χ2v) is 7.19. The second-order valence-electron chi connectivity index (χ2n) is 6.40. The van der Waals surface area contributed by atoms with Crippen LogP contribution in [0.1, 0.15) is 31.7 Å². The normalized spacial score (nSPS) is 28.0. The summed E-state index contributed by atoms with van der Waals surface area (Å²) in [5, 5.41) is 21.0. The molecule has 1 aromatic rings. The van der Waals surface area contributed by atoms with Gasteiger partial charge in [0.15, 0.2) is 6.10 Å². The van der Waals surface area contributed by atoms with Crippen molar-refractivity contribution in [3.8, 4) is 5.75 Å². The molecule has 0 radical (unpaired) electrons. The summed E-state index contributed by atoms with van der Waals surface area (Å²) in [5.74, 6) is -0.0809. The average molecular weight is 346 g/mol. The summed E-state index contributed by atoms with van der Waals surface area (Å²) in [6, 6.07) is 2.79. The average Bonchev–Trinajstić information content (AvgIpc) is 2.95. The first-order valence-corrected chi connectivity index (χ1v) is 7.82. The van der Waals surface area contributed by atoms with E-state index in [0.29, 0.717) is 28.6 Å². The Bertz CT molecular complexity index is 629. The number of phenolic OH excluding ortho intramolecular Hbond substituents is 1. The van der Waals surface area contributed by atoms with E-state index >= 15 is 0 Å². The number of carbonyl (C=O) groups is 1. The van der Waals surface area contributed by atoms with Crippen molar-refractivity contribution in [3.63, 3.8) is 0 Å². The summed E-state index contributed by atoms with van der Waals surface area (Å²) in [6.07, 6.45) is -0.504. The maximum atomic E-state index is 12.0. The fraction of sp³-hybridized carbons (Fsp3) is 0.533. The molecule has 0 saturated carbocycles. The highest BCUT2D eigenvalue weighted by atomic mass is 35.5. The van der Waals surface area contributed by atoms with Gasteiger partial charge in [-0.1, -0.05) is 23.2 Å². The first kappa shape index (κ1) is 15.7. The Balaban J connectivity index is 1.93. The number of carbonyl (C=O) groups excluding carboxylic acids is 1. The third-order valence-corrected chi connectivity index (χ3v) is 5.19. The van der Waals surface area contributed by atoms with Gasteiger partial charge in [0.25, 0.3) is 0 Å². The van der Waals surface area contributed by atoms with Crippen LogP contribution in [0.15, 0.2) is 12.1 Å². The number of halogens is 2. The van der Waals surface area contributed by atoms with E-state index in [1.54, 1.807) is 18.7 Å². The van der Waals surface area contributed by atoms with Gasteiger partial charge in [-0.2, -0.15) is 0 Å². The predicted molar refractivity (Wildman–Crippen MR) is 82.5 cm³/mol. The topological polar surface area (TPSA) is 70.0 Å². The van der Waals surface area contributed by atoms with Crippen molar-refractivity contribution in [1.82, 2.24) is 4.90 Å². The van der Waals surface area contributed by atoms with Crippen LogP contribution in [0.25, 0.3) is 0 Å². The van der Waals surface area contributed by atoms with Gasteiger partial charge in [0.2, 0.25) is 0 Å². The highest BCUT2D eigenvalue weighted by Crippen LogP contribution is 2.46. The van der Waals surface area contributed by atoms with Gasteiger partial charge in [0, 0.05) is 18.0 Å². The first-order chi connectivity index (χ1) is 10.2. The summed E-state index contributed by atoms with van der Waals surface area (Å²) in [7, 11) is 0. The molecule has 7 heteroatoms. The molecule has 5 nitrogen and oxygen atoms in total. The molecular formula is C15H17Cl2NO4. The lowest BCUT2D eigenvalue weighted by atomic mass is 9.89. The summed E-state index contributed by atoms with van der Waals surface area (Å²) in [5.41, 5.74) is -0.588. The van der Waals surface area contributed by atoms with Gasteiger partial charge < -0.3 is 19.8 Å². The van der Waals surface area contributed by atoms with Crippen LogP contribution in [0.4, 0.5) is 4.79 Å². The monoisotopic (exact) mass is 345 g/mol. The van der Waals surface area contributed by atoms with E-state index in [9.17, 15) is 15.0 Å². The van der Waals surface area contributed by atoms with Crippen LogP contribution in [-0.2, 0) is 4.74 Å². The number of nitrogens with zero attached hydrogens (tertiary/aromatic N) is 1. The number of hydrogen-bond donors (Lipinski definition) is 2. The lowest BCUT2D eigenvalue weighted by Gasteiger charge is -2.27. The second kappa shape index (κ2) is 5.18. The Hall–Kier alpha value is -1.17. The number of cyclic esters (lactones) is 1. The Kier molecular flexibility index (Phi) is 3.70. The quantitative estimate of drug-likeness (QED) is 0.863. The molecule has 3 atom stereocenters. The zero-order valence-electron chi connectivity index (χ0n) is 12.2. The summed E-state index contributed by atoms with van der Waals surface area (Å²) in [6.45, 7) is 3.61. The van der Waals surface area contributed by atoms with E-state index < -0.39 is 17.8 Å². The standard InChI is InChI=1S/C15H17Cl2NO4/c1-15(2,21)13-9-5-7(6-18(9)14(20)22-13)11-10(19)4-3-8(16)12(11)17/h3-4,7,9,13,19,21H,5-6H2,1-2H3/t7-,9-,13+/m0/s1. The molecule has 0 aliphatic carbocycles. The molecule has 0 aromatic heterocycles. The van der Waals surface area contributed by atoms with Crippen LogP contribution in [0.5, 0.6) is 5.75 Å². The van der Waals surface area contributed by atoms with Crippen molar-refractivity contribution in [2.24, 2.45) is 0 Å². The Morgan fingerprint density at radius 3 is 2.68 bits per heavy atom. The van der Waals surface area contributed by atoms with E-state index in [-0.39, 0.29) is 17.7 Å². The lowest BCUT2D eigenvalue weighted by molar-refractivity contribution is -0.0458. The molecule has 1 amide bonds. The largest absolute Gasteiger partial charge is 0.508 e. The van der Waals surface area contributed by atoms with E-state index in [0.717, 1.165) is 0 Å². The number of aliphatic hydroxyl groups is 1. The molecule has 0 unspecified atom stereocenters. The van der Waals surface area contributed by atoms with Crippen LogP contribution < -0.4 is 0 Å². The minimum atomic E-state index is -1.13. The van der Waals surface area contributed by atoms with Crippen molar-refractivity contribution in [2.75, 3.05) is 6.54 Å². The Morgan fingerprint density at radius 1 is 1.36 bits per heavy atom. The minimum Gasteiger partial charge on any atom is -0.508 e. The van der Waals surface area contributed by atoms with Gasteiger partial charge in [0.1, 0.15) is 5.75 Å². The maximum Gasteiger partial charge on any atom is 0.410 e. The number of benzene rings is 1. The van der Waals surface area contributed by atoms with Gasteiger partial charge in [-0.25, -0.2) is 4.79 Å². The molecule has 2 heterocycles. The predicted octanol–water partition coefficient (Wildman–Crippen LogP) is 3.15. The van der Waals surface area contributed by atoms with Gasteiger partial charge in [0.05, 0.1) is 21.7 Å². The van der Waals surface area contributed by atoms with Gasteiger partial charge in [-0.3, -0.25) is 0 Å². The van der Waals surface area contributed by atoms with Gasteiger partial charge >= 0.3 is 6.09 Å². The fourth-order valence-corrected chi connectivity index (χ4v) is 3.87. The van der Waals surface area contributed by atoms with E-state index in [1.165, 1.54) is 12.1 Å². The van der Waals surface area contributed by atoms with Crippen LogP contribution in [-0.4, -0.2) is 45.5 Å². The third kappa shape index (κ3) is 2.41. The minimum absolute atomic E-state index is 0.0637. The number of ether oxygens (including phenoxy) is 1. The van der Waals surface area contributed by atoms with Crippen LogP contribution in [0, 0.1) is 0 Å². The van der Waals surface area contributed by atoms with Crippen molar-refractivity contribution >= 4 is 29.3 Å². The number of amides is 1. The molecule has 2 aliphatic heterocycles. The Morgan fingerprint density at radius 2 is 2.05 bits per heavy atom. The van der Waals surface area contributed by atoms with E-state index in [4.69, 9.17) is 27.9 Å². The molecule has 0 spiro atoms. The number of fused-ring (bicyclic) bond motifs is 1. The summed E-state index contributed by atoms with van der Waals surface area (Å²) >= 11 is 12.2. The zero-order chi connectivity index (χ0) is 16.2. The zero-order valence-corrected chi connectivity index (χ0v) is 13.7. The molecule has 2 aliphatic rings. The maximum absolute atomic E-state index is 12.0. The fourth-order valence-electron chi connectivity index (χ4n) is 3.39. The molecule has 2 N–H and O–H groups in total. The molecular weight excluding hydrogens is 329 g/mol. The van der Waals surface area contributed by atoms with Crippen molar-refractivity contribution in [1.29, 1.82) is 0 Å². The summed E-state index contributed by atoms with van der Waals surface area (Å²) in [4.78, 5) is 13.6. The van der Waals surface area contributed by atoms with Crippen molar-refractivity contribution in [2.45, 2.75) is 43.9 Å². The molecule has 0 bridgehead atoms. The number of hydrogen-bond acceptors (Lipinski definition) is 4. The smallest absolute Gasteiger partial charge is 0.410 e. The highest BCUT2D eigenvalue weighted by molar-refractivity contribution is 6.42. The van der Waals surface area contributed by atoms with E-state index in [1.807, 2.05) is 0 Å². The number of aromatic hydroxyl groups is 1. The molecule has 120 valence electrons. The number of phenols is 1. The van der Waals surface area contributed by atoms with Gasteiger partial charge in [-0.15, -0.1) is 0 Å². The van der Waals surface area contributed by atoms with Crippen molar-refractivity contribution < 1.29 is 19.7 Å². The molecule has 2 fully saturated rings. The molecule has 3 rings (SSSR count). The number of rotatable bonds is 2. The van der Waals surface area contributed by atoms with Crippen molar-refractivity contribution in [3.05, 3.63) is 27.7 Å².